The van der Waals surface area contributed by atoms with Crippen LogP contribution in [0.5, 0.6) is 0 Å². The van der Waals surface area contributed by atoms with Gasteiger partial charge in [0.05, 0.1) is 0 Å². The van der Waals surface area contributed by atoms with Crippen molar-refractivity contribution >= 4 is 47.9 Å². The van der Waals surface area contributed by atoms with E-state index in [-0.39, 0.29) is 40.7 Å². The maximum Gasteiger partial charge on any atom is 0.518 e. The second kappa shape index (κ2) is 15.6. The first-order valence-electron chi connectivity index (χ1n) is 13.3. The standard InChI is InChI=1S/C29H31N5O7P2/c30-27(36)31-15-5-10-25(26(35)32-19-13-11-18(12-14-19)16-40-29(38)41-43-34-42)33-28(37)39-17-24-22-8-3-1-6-20(22)21-7-2-4-9-23(21)24/h1-4,6-9,11-14,24-25H,5,10,15-17,42H2,(H,32,35)(H,33,37)(H3,30,31,36). The van der Waals surface area contributed by atoms with E-state index in [4.69, 9.17) is 15.2 Å². The number of nitrogens with two attached hydrogens (primary N) is 1. The molecular formula is C29H31N5O7P2. The van der Waals surface area contributed by atoms with Gasteiger partial charge in [0.25, 0.3) is 8.60 Å². The molecule has 3 aromatic carbocycles. The molecule has 0 saturated carbocycles. The summed E-state index contributed by atoms with van der Waals surface area (Å²) in [4.78, 5) is 48.6. The third kappa shape index (κ3) is 8.98. The van der Waals surface area contributed by atoms with Gasteiger partial charge in [0.1, 0.15) is 19.3 Å². The van der Waals surface area contributed by atoms with E-state index >= 15 is 0 Å². The number of fused-ring (bicyclic) bond motifs is 3. The smallest absolute Gasteiger partial charge is 0.449 e. The lowest BCUT2D eigenvalue weighted by Gasteiger charge is -2.20. The number of benzene rings is 3. The van der Waals surface area contributed by atoms with E-state index in [1.165, 1.54) is 0 Å². The van der Waals surface area contributed by atoms with Gasteiger partial charge in [-0.3, -0.25) is 4.79 Å². The van der Waals surface area contributed by atoms with Crippen molar-refractivity contribution in [3.05, 3.63) is 89.5 Å². The van der Waals surface area contributed by atoms with Gasteiger partial charge in [-0.15, -0.1) is 0 Å². The van der Waals surface area contributed by atoms with Crippen LogP contribution in [0.2, 0.25) is 0 Å². The van der Waals surface area contributed by atoms with E-state index < -0.39 is 30.2 Å². The summed E-state index contributed by atoms with van der Waals surface area (Å²) in [6, 6.07) is 21.0. The summed E-state index contributed by atoms with van der Waals surface area (Å²) in [6.07, 6.45) is -1.01. The fraction of sp³-hybridized carbons (Fsp3) is 0.241. The first kappa shape index (κ1) is 31.4. The van der Waals surface area contributed by atoms with Gasteiger partial charge in [-0.25, -0.2) is 18.9 Å². The molecule has 5 N–H and O–H groups in total. The van der Waals surface area contributed by atoms with Gasteiger partial charge in [-0.1, -0.05) is 60.7 Å². The lowest BCUT2D eigenvalue weighted by atomic mass is 9.98. The van der Waals surface area contributed by atoms with Crippen molar-refractivity contribution in [2.45, 2.75) is 31.4 Å². The molecule has 43 heavy (non-hydrogen) atoms. The molecule has 2 unspecified atom stereocenters. The Morgan fingerprint density at radius 1 is 0.930 bits per heavy atom. The Balaban J connectivity index is 1.35. The van der Waals surface area contributed by atoms with Crippen LogP contribution in [0.4, 0.5) is 20.1 Å². The number of amides is 4. The maximum atomic E-state index is 13.2. The zero-order valence-corrected chi connectivity index (χ0v) is 25.1. The summed E-state index contributed by atoms with van der Waals surface area (Å²) in [5.74, 6) is -0.602. The molecule has 12 nitrogen and oxygen atoms in total. The molecule has 224 valence electrons. The number of carbonyl (C=O) groups is 4. The number of carbonyl (C=O) groups excluding carboxylic acids is 4. The number of hydrogen-bond donors (Lipinski definition) is 4. The average molecular weight is 624 g/mol. The molecule has 0 aliphatic heterocycles. The molecule has 1 aliphatic rings. The molecule has 2 atom stereocenters. The molecule has 0 aromatic heterocycles. The predicted molar refractivity (Wildman–Crippen MR) is 164 cm³/mol. The highest BCUT2D eigenvalue weighted by Crippen LogP contribution is 2.44. The van der Waals surface area contributed by atoms with Gasteiger partial charge < -0.3 is 35.7 Å². The number of rotatable bonds is 12. The minimum atomic E-state index is -0.954. The van der Waals surface area contributed by atoms with Gasteiger partial charge in [0, 0.05) is 18.2 Å². The maximum absolute atomic E-state index is 13.2. The van der Waals surface area contributed by atoms with E-state index in [1.54, 1.807) is 24.3 Å². The molecule has 4 rings (SSSR count). The molecule has 0 heterocycles. The van der Waals surface area contributed by atoms with Gasteiger partial charge >= 0.3 is 18.3 Å². The zero-order valence-electron chi connectivity index (χ0n) is 23.0. The van der Waals surface area contributed by atoms with Crippen molar-refractivity contribution in [1.82, 2.24) is 10.6 Å². The Morgan fingerprint density at radius 3 is 2.21 bits per heavy atom. The molecule has 0 spiro atoms. The molecule has 0 radical (unpaired) electrons. The van der Waals surface area contributed by atoms with Gasteiger partial charge in [0.15, 0.2) is 0 Å². The molecular weight excluding hydrogens is 592 g/mol. The quantitative estimate of drug-likeness (QED) is 0.118. The van der Waals surface area contributed by atoms with Crippen LogP contribution >= 0.6 is 18.0 Å². The average Bonchev–Trinajstić information content (AvgIpc) is 3.33. The van der Waals surface area contributed by atoms with Crippen LogP contribution in [0.1, 0.15) is 35.4 Å². The minimum Gasteiger partial charge on any atom is -0.449 e. The lowest BCUT2D eigenvalue weighted by molar-refractivity contribution is -0.118. The summed E-state index contributed by atoms with van der Waals surface area (Å²) >= 11 is 0. The van der Waals surface area contributed by atoms with Gasteiger partial charge in [-0.05, 0) is 62.2 Å². The SMILES string of the molecule is NC(=O)NCCCC(NC(=O)OCC1c2ccccc2-c2ccccc21)C(=O)Nc1ccc(COC(=O)OP=NP)cc1. The fourth-order valence-electron chi connectivity index (χ4n) is 4.71. The number of alkyl carbamates (subject to hydrolysis) is 1. The first-order chi connectivity index (χ1) is 20.9. The van der Waals surface area contributed by atoms with Crippen molar-refractivity contribution < 1.29 is 33.2 Å². The zero-order chi connectivity index (χ0) is 30.6. The van der Waals surface area contributed by atoms with Crippen molar-refractivity contribution in [2.75, 3.05) is 18.5 Å². The van der Waals surface area contributed by atoms with Crippen molar-refractivity contribution in [2.24, 2.45) is 10.2 Å². The first-order valence-corrected chi connectivity index (χ1v) is 14.6. The third-order valence-electron chi connectivity index (χ3n) is 6.66. The van der Waals surface area contributed by atoms with Crippen molar-refractivity contribution in [3.63, 3.8) is 0 Å². The number of primary amides is 1. The highest BCUT2D eigenvalue weighted by molar-refractivity contribution is 7.31. The van der Waals surface area contributed by atoms with Crippen molar-refractivity contribution in [3.8, 4) is 11.1 Å². The van der Waals surface area contributed by atoms with E-state index in [1.807, 2.05) is 48.5 Å². The number of nitrogens with zero attached hydrogens (tertiary/aromatic N) is 1. The Labute approximate surface area is 252 Å². The summed E-state index contributed by atoms with van der Waals surface area (Å²) in [5, 5.41) is 7.90. The Hall–Kier alpha value is -4.53. The molecule has 3 aromatic rings. The van der Waals surface area contributed by atoms with Crippen LogP contribution in [0.15, 0.2) is 77.3 Å². The largest absolute Gasteiger partial charge is 0.518 e. The summed E-state index contributed by atoms with van der Waals surface area (Å²) in [7, 11) is 2.17. The Morgan fingerprint density at radius 2 is 1.58 bits per heavy atom. The van der Waals surface area contributed by atoms with Gasteiger partial charge in [-0.2, -0.15) is 0 Å². The van der Waals surface area contributed by atoms with Crippen LogP contribution in [0.3, 0.4) is 0 Å². The summed E-state index contributed by atoms with van der Waals surface area (Å²) in [5.41, 5.74) is 10.6. The van der Waals surface area contributed by atoms with E-state index in [0.29, 0.717) is 17.7 Å². The highest BCUT2D eigenvalue weighted by Gasteiger charge is 2.30. The number of ether oxygens (including phenoxy) is 2. The van der Waals surface area contributed by atoms with Gasteiger partial charge in [0.2, 0.25) is 5.91 Å². The molecule has 0 bridgehead atoms. The molecule has 1 aliphatic carbocycles. The lowest BCUT2D eigenvalue weighted by Crippen LogP contribution is -2.44. The summed E-state index contributed by atoms with van der Waals surface area (Å²) < 4.78 is 18.8. The second-order valence-electron chi connectivity index (χ2n) is 9.47. The monoisotopic (exact) mass is 623 g/mol. The van der Waals surface area contributed by atoms with Crippen LogP contribution in [0, 0.1) is 0 Å². The number of anilines is 1. The Kier molecular flexibility index (Phi) is 11.4. The number of hydrogen-bond acceptors (Lipinski definition) is 8. The molecule has 0 saturated heterocycles. The third-order valence-corrected chi connectivity index (χ3v) is 7.27. The molecule has 4 amide bonds. The summed E-state index contributed by atoms with van der Waals surface area (Å²) in [6.45, 7) is 0.297. The van der Waals surface area contributed by atoms with E-state index in [0.717, 1.165) is 22.3 Å². The topological polar surface area (TPSA) is 170 Å². The Bertz CT molecular complexity index is 1440. The van der Waals surface area contributed by atoms with E-state index in [2.05, 4.69) is 34.4 Å². The number of nitrogens with one attached hydrogen (secondary N) is 3. The highest BCUT2D eigenvalue weighted by atomic mass is 31.1. The van der Waals surface area contributed by atoms with Crippen LogP contribution in [-0.2, 0) is 25.4 Å². The minimum absolute atomic E-state index is 0.0295. The van der Waals surface area contributed by atoms with Crippen LogP contribution in [0.25, 0.3) is 11.1 Å². The van der Waals surface area contributed by atoms with Crippen LogP contribution in [-0.4, -0.2) is 43.4 Å². The normalized spacial score (nSPS) is 12.5. The fourth-order valence-corrected chi connectivity index (χ4v) is 5.02. The molecule has 0 fully saturated rings. The second-order valence-corrected chi connectivity index (χ2v) is 10.7. The molecule has 14 heteroatoms. The predicted octanol–water partition coefficient (Wildman–Crippen LogP) is 5.47. The van der Waals surface area contributed by atoms with Crippen molar-refractivity contribution in [1.29, 1.82) is 0 Å². The van der Waals surface area contributed by atoms with Crippen LogP contribution < -0.4 is 21.7 Å². The number of urea groups is 1. The van der Waals surface area contributed by atoms with E-state index in [9.17, 15) is 19.2 Å².